The van der Waals surface area contributed by atoms with Gasteiger partial charge in [-0.05, 0) is 50.3 Å². The third-order valence-electron chi connectivity index (χ3n) is 5.92. The summed E-state index contributed by atoms with van der Waals surface area (Å²) in [5.74, 6) is -2.83. The molecule has 0 amide bonds. The highest BCUT2D eigenvalue weighted by Gasteiger charge is 2.23. The summed E-state index contributed by atoms with van der Waals surface area (Å²) in [6.45, 7) is 11.0. The number of carboxylic acid groups (broad SMARTS) is 1. The number of carbonyl (C=O) groups excluding carboxylic acids is 3. The molecule has 1 aromatic carbocycles. The molecule has 36 heavy (non-hydrogen) atoms. The number of esters is 3. The maximum absolute atomic E-state index is 12.4. The fraction of sp³-hybridized carbons (Fsp3) is 0.630. The molecule has 0 aliphatic heterocycles. The molecule has 1 rings (SSSR count). The van der Waals surface area contributed by atoms with E-state index in [0.717, 1.165) is 12.8 Å². The van der Waals surface area contributed by atoms with E-state index in [0.29, 0.717) is 24.8 Å². The highest BCUT2D eigenvalue weighted by Crippen LogP contribution is 2.31. The first-order chi connectivity index (χ1) is 17.0. The van der Waals surface area contributed by atoms with Gasteiger partial charge in [-0.3, -0.25) is 19.2 Å². The zero-order valence-corrected chi connectivity index (χ0v) is 22.3. The van der Waals surface area contributed by atoms with E-state index in [1.807, 2.05) is 20.8 Å². The average molecular weight is 508 g/mol. The minimum absolute atomic E-state index is 0.0665. The van der Waals surface area contributed by atoms with Gasteiger partial charge in [0, 0.05) is 13.0 Å². The molecule has 202 valence electrons. The van der Waals surface area contributed by atoms with Crippen LogP contribution in [0.1, 0.15) is 79.2 Å². The fourth-order valence-electron chi connectivity index (χ4n) is 3.03. The maximum atomic E-state index is 12.4. The Morgan fingerprint density at radius 1 is 0.917 bits per heavy atom. The predicted molar refractivity (Wildman–Crippen MR) is 135 cm³/mol. The Morgan fingerprint density at radius 2 is 1.50 bits per heavy atom. The predicted octanol–water partition coefficient (Wildman–Crippen LogP) is 4.30. The van der Waals surface area contributed by atoms with Crippen molar-refractivity contribution in [3.8, 4) is 11.5 Å². The highest BCUT2D eigenvalue weighted by molar-refractivity contribution is 5.78. The van der Waals surface area contributed by atoms with Crippen LogP contribution in [-0.4, -0.2) is 47.7 Å². The Bertz CT molecular complexity index is 885. The first-order valence-electron chi connectivity index (χ1n) is 12.7. The molecule has 0 saturated carbocycles. The summed E-state index contributed by atoms with van der Waals surface area (Å²) in [5, 5.41) is 12.6. The lowest BCUT2D eigenvalue weighted by Gasteiger charge is -2.20. The van der Waals surface area contributed by atoms with Gasteiger partial charge in [0.2, 0.25) is 0 Å². The van der Waals surface area contributed by atoms with Crippen LogP contribution in [-0.2, 0) is 30.3 Å². The lowest BCUT2D eigenvalue weighted by atomic mass is 10.0. The summed E-state index contributed by atoms with van der Waals surface area (Å²) in [7, 11) is 0. The second kappa shape index (κ2) is 15.9. The van der Waals surface area contributed by atoms with Crippen LogP contribution in [0, 0.1) is 11.8 Å². The first-order valence-corrected chi connectivity index (χ1v) is 12.7. The van der Waals surface area contributed by atoms with Crippen molar-refractivity contribution in [2.24, 2.45) is 11.8 Å². The monoisotopic (exact) mass is 507 g/mol. The fourth-order valence-corrected chi connectivity index (χ4v) is 3.03. The largest absolute Gasteiger partial charge is 0.480 e. The molecule has 0 spiro atoms. The summed E-state index contributed by atoms with van der Waals surface area (Å²) in [5.41, 5.74) is 0.567. The molecule has 0 heterocycles. The Labute approximate surface area is 213 Å². The van der Waals surface area contributed by atoms with Gasteiger partial charge in [0.05, 0.1) is 11.8 Å². The molecule has 0 saturated heterocycles. The van der Waals surface area contributed by atoms with Crippen LogP contribution in [0.5, 0.6) is 11.5 Å². The summed E-state index contributed by atoms with van der Waals surface area (Å²) >= 11 is 0. The average Bonchev–Trinajstić information content (AvgIpc) is 2.85. The number of hydrogen-bond donors (Lipinski definition) is 2. The number of hydrogen-bond acceptors (Lipinski definition) is 8. The molecule has 0 radical (unpaired) electrons. The van der Waals surface area contributed by atoms with Gasteiger partial charge in [-0.15, -0.1) is 0 Å². The van der Waals surface area contributed by atoms with Crippen LogP contribution in [0.15, 0.2) is 18.2 Å². The SMILES string of the molecule is CCCCC(=O)OC(C)CN[C@@H](Cc1ccc(OC(=O)C(C)CC)c(OC(=O)C(C)CC)c1)C(=O)O. The number of aliphatic carboxylic acids is 1. The molecule has 0 aliphatic rings. The molecule has 0 aromatic heterocycles. The van der Waals surface area contributed by atoms with E-state index in [1.165, 1.54) is 12.1 Å². The Kier molecular flexibility index (Phi) is 13.8. The van der Waals surface area contributed by atoms with E-state index in [-0.39, 0.29) is 42.3 Å². The molecule has 0 aliphatic carbocycles. The number of nitrogens with one attached hydrogen (secondary N) is 1. The Morgan fingerprint density at radius 3 is 2.03 bits per heavy atom. The van der Waals surface area contributed by atoms with E-state index in [4.69, 9.17) is 14.2 Å². The zero-order chi connectivity index (χ0) is 27.3. The van der Waals surface area contributed by atoms with E-state index in [1.54, 1.807) is 26.8 Å². The second-order valence-corrected chi connectivity index (χ2v) is 9.15. The van der Waals surface area contributed by atoms with Gasteiger partial charge in [-0.25, -0.2) is 0 Å². The molecule has 1 aromatic rings. The molecule has 4 atom stereocenters. The van der Waals surface area contributed by atoms with Crippen molar-refractivity contribution >= 4 is 23.9 Å². The second-order valence-electron chi connectivity index (χ2n) is 9.15. The molecule has 9 nitrogen and oxygen atoms in total. The minimum Gasteiger partial charge on any atom is -0.480 e. The first kappa shape index (κ1) is 31.1. The van der Waals surface area contributed by atoms with Gasteiger partial charge >= 0.3 is 23.9 Å². The quantitative estimate of drug-likeness (QED) is 0.249. The molecule has 9 heteroatoms. The van der Waals surface area contributed by atoms with Crippen molar-refractivity contribution in [3.05, 3.63) is 23.8 Å². The van der Waals surface area contributed by atoms with E-state index in [2.05, 4.69) is 5.32 Å². The lowest BCUT2D eigenvalue weighted by molar-refractivity contribution is -0.148. The summed E-state index contributed by atoms with van der Waals surface area (Å²) in [4.78, 5) is 48.4. The smallest absolute Gasteiger partial charge is 0.321 e. The molecule has 0 bridgehead atoms. The third-order valence-corrected chi connectivity index (χ3v) is 5.92. The van der Waals surface area contributed by atoms with Gasteiger partial charge in [0.15, 0.2) is 11.5 Å². The maximum Gasteiger partial charge on any atom is 0.321 e. The number of ether oxygens (including phenoxy) is 3. The minimum atomic E-state index is -1.08. The molecular formula is C27H41NO8. The third kappa shape index (κ3) is 10.8. The molecular weight excluding hydrogens is 466 g/mol. The Balaban J connectivity index is 3.00. The molecule has 3 unspecified atom stereocenters. The van der Waals surface area contributed by atoms with Crippen molar-refractivity contribution in [2.75, 3.05) is 6.54 Å². The number of rotatable bonds is 16. The van der Waals surface area contributed by atoms with Crippen LogP contribution < -0.4 is 14.8 Å². The van der Waals surface area contributed by atoms with Crippen molar-refractivity contribution < 1.29 is 38.5 Å². The van der Waals surface area contributed by atoms with E-state index >= 15 is 0 Å². The summed E-state index contributed by atoms with van der Waals surface area (Å²) in [6, 6.07) is 3.68. The summed E-state index contributed by atoms with van der Waals surface area (Å²) in [6.07, 6.45) is 2.69. The number of unbranched alkanes of at least 4 members (excludes halogenated alkanes) is 1. The normalized spacial score (nSPS) is 14.3. The standard InChI is InChI=1S/C27H41NO8/c1-7-10-11-24(29)34-19(6)16-28-21(25(30)31)14-20-12-13-22(35-26(32)17(4)8-2)23(15-20)36-27(33)18(5)9-3/h12-13,15,17-19,21,28H,7-11,14,16H2,1-6H3,(H,30,31)/t17?,18?,19?,21-/m0/s1. The van der Waals surface area contributed by atoms with Gasteiger partial charge < -0.3 is 24.6 Å². The van der Waals surface area contributed by atoms with Crippen LogP contribution >= 0.6 is 0 Å². The molecule has 0 fully saturated rings. The van der Waals surface area contributed by atoms with Crippen molar-refractivity contribution in [1.29, 1.82) is 0 Å². The van der Waals surface area contributed by atoms with Gasteiger partial charge in [0.1, 0.15) is 12.1 Å². The van der Waals surface area contributed by atoms with Crippen molar-refractivity contribution in [1.82, 2.24) is 5.32 Å². The number of carbonyl (C=O) groups is 4. The van der Waals surface area contributed by atoms with Crippen molar-refractivity contribution in [2.45, 2.75) is 92.2 Å². The van der Waals surface area contributed by atoms with E-state index in [9.17, 15) is 24.3 Å². The van der Waals surface area contributed by atoms with Gasteiger partial charge in [-0.2, -0.15) is 0 Å². The van der Waals surface area contributed by atoms with Crippen LogP contribution in [0.3, 0.4) is 0 Å². The topological polar surface area (TPSA) is 128 Å². The number of benzene rings is 1. The lowest BCUT2D eigenvalue weighted by Crippen LogP contribution is -2.42. The van der Waals surface area contributed by atoms with Crippen LogP contribution in [0.2, 0.25) is 0 Å². The van der Waals surface area contributed by atoms with Gasteiger partial charge in [-0.1, -0.05) is 47.1 Å². The zero-order valence-electron chi connectivity index (χ0n) is 22.3. The van der Waals surface area contributed by atoms with Crippen molar-refractivity contribution in [3.63, 3.8) is 0 Å². The molecule has 2 N–H and O–H groups in total. The number of carboxylic acids is 1. The summed E-state index contributed by atoms with van der Waals surface area (Å²) < 4.78 is 16.3. The van der Waals surface area contributed by atoms with Gasteiger partial charge in [0.25, 0.3) is 0 Å². The Hall–Kier alpha value is -2.94. The van der Waals surface area contributed by atoms with Crippen LogP contribution in [0.25, 0.3) is 0 Å². The van der Waals surface area contributed by atoms with Crippen LogP contribution in [0.4, 0.5) is 0 Å². The highest BCUT2D eigenvalue weighted by atomic mass is 16.6. The van der Waals surface area contributed by atoms with E-state index < -0.39 is 30.1 Å².